The van der Waals surface area contributed by atoms with E-state index in [0.717, 1.165) is 0 Å². The lowest BCUT2D eigenvalue weighted by Crippen LogP contribution is -2.29. The van der Waals surface area contributed by atoms with E-state index in [1.165, 1.54) is 12.6 Å². The Morgan fingerprint density at radius 2 is 1.60 bits per heavy atom. The number of allylic oxidation sites excluding steroid dienone is 1. The van der Waals surface area contributed by atoms with E-state index in [0.29, 0.717) is 6.71 Å². The van der Waals surface area contributed by atoms with Gasteiger partial charge in [0.1, 0.15) is 0 Å². The van der Waals surface area contributed by atoms with Gasteiger partial charge in [-0.1, -0.05) is 66.1 Å². The maximum atomic E-state index is 6.45. The van der Waals surface area contributed by atoms with E-state index in [1.807, 2.05) is 0 Å². The standard InChI is InChI=1S/C12H26BClSi/c1-8-13(9-2)11(12(3,4)5)10-15(6,7)14/h10H,8-9H2,1-7H3/b11-10+. The topological polar surface area (TPSA) is 0 Å². The van der Waals surface area contributed by atoms with Gasteiger partial charge in [-0.05, 0) is 5.41 Å². The Kier molecular flexibility index (Phi) is 5.70. The van der Waals surface area contributed by atoms with E-state index in [-0.39, 0.29) is 5.41 Å². The van der Waals surface area contributed by atoms with Gasteiger partial charge in [0, 0.05) is 0 Å². The van der Waals surface area contributed by atoms with Crippen LogP contribution in [0, 0.1) is 5.41 Å². The van der Waals surface area contributed by atoms with Gasteiger partial charge in [0.15, 0.2) is 14.1 Å². The molecule has 3 heteroatoms. The Morgan fingerprint density at radius 1 is 1.20 bits per heavy atom. The average Bonchev–Trinajstić information content (AvgIpc) is 2.01. The summed E-state index contributed by atoms with van der Waals surface area (Å²) in [6.45, 7) is 16.5. The van der Waals surface area contributed by atoms with Crippen LogP contribution in [0.1, 0.15) is 34.6 Å². The minimum Gasteiger partial charge on any atom is -0.162 e. The molecule has 0 nitrogen and oxygen atoms in total. The lowest BCUT2D eigenvalue weighted by atomic mass is 9.37. The summed E-state index contributed by atoms with van der Waals surface area (Å²) < 4.78 is 0. The normalized spacial score (nSPS) is 14.3. The first-order valence-corrected chi connectivity index (χ1v) is 10.1. The Balaban J connectivity index is 5.15. The Morgan fingerprint density at radius 3 is 1.80 bits per heavy atom. The van der Waals surface area contributed by atoms with Crippen molar-refractivity contribution in [2.75, 3.05) is 0 Å². The van der Waals surface area contributed by atoms with Gasteiger partial charge in [0.2, 0.25) is 0 Å². The van der Waals surface area contributed by atoms with Crippen molar-refractivity contribution < 1.29 is 0 Å². The van der Waals surface area contributed by atoms with Crippen LogP contribution in [0.3, 0.4) is 0 Å². The second-order valence-corrected chi connectivity index (χ2v) is 12.3. The quantitative estimate of drug-likeness (QED) is 0.481. The zero-order chi connectivity index (χ0) is 12.3. The maximum absolute atomic E-state index is 6.45. The summed E-state index contributed by atoms with van der Waals surface area (Å²) in [5, 5.41) is 0. The van der Waals surface area contributed by atoms with Gasteiger partial charge in [-0.25, -0.2) is 0 Å². The first-order valence-electron chi connectivity index (χ1n) is 6.04. The predicted molar refractivity (Wildman–Crippen MR) is 77.6 cm³/mol. The Bertz CT molecular complexity index is 219. The molecule has 0 heterocycles. The molecule has 15 heavy (non-hydrogen) atoms. The van der Waals surface area contributed by atoms with Gasteiger partial charge >= 0.3 is 0 Å². The number of hydrogen-bond acceptors (Lipinski definition) is 0. The second kappa shape index (κ2) is 5.58. The molecule has 0 saturated heterocycles. The minimum atomic E-state index is -1.62. The van der Waals surface area contributed by atoms with E-state index in [4.69, 9.17) is 11.1 Å². The summed E-state index contributed by atoms with van der Waals surface area (Å²) in [5.41, 5.74) is 4.22. The summed E-state index contributed by atoms with van der Waals surface area (Å²) in [5.74, 6) is 0. The molecule has 0 saturated carbocycles. The molecule has 0 atom stereocenters. The zero-order valence-corrected chi connectivity index (χ0v) is 13.2. The molecule has 0 aromatic carbocycles. The summed E-state index contributed by atoms with van der Waals surface area (Å²) in [7, 11) is -1.62. The monoisotopic (exact) mass is 244 g/mol. The first kappa shape index (κ1) is 15.3. The molecule has 0 spiro atoms. The van der Waals surface area contributed by atoms with Crippen molar-refractivity contribution in [3.05, 3.63) is 11.2 Å². The third-order valence-corrected chi connectivity index (χ3v) is 4.11. The second-order valence-electron chi connectivity index (χ2n) is 5.93. The van der Waals surface area contributed by atoms with Crippen molar-refractivity contribution in [2.45, 2.75) is 60.4 Å². The van der Waals surface area contributed by atoms with E-state index in [9.17, 15) is 0 Å². The van der Waals surface area contributed by atoms with Gasteiger partial charge in [0.25, 0.3) is 0 Å². The molecule has 0 aromatic rings. The van der Waals surface area contributed by atoms with Crippen LogP contribution in [-0.2, 0) is 0 Å². The molecule has 0 radical (unpaired) electrons. The highest BCUT2D eigenvalue weighted by atomic mass is 35.6. The van der Waals surface area contributed by atoms with Gasteiger partial charge in [0.05, 0.1) is 0 Å². The molecule has 0 bridgehead atoms. The van der Waals surface area contributed by atoms with Gasteiger partial charge < -0.3 is 0 Å². The summed E-state index contributed by atoms with van der Waals surface area (Å²) in [6, 6.07) is 0. The molecule has 0 aliphatic carbocycles. The predicted octanol–water partition coefficient (Wildman–Crippen LogP) is 5.02. The Labute approximate surface area is 102 Å². The average molecular weight is 245 g/mol. The van der Waals surface area contributed by atoms with Crippen LogP contribution in [0.2, 0.25) is 25.7 Å². The van der Waals surface area contributed by atoms with E-state index in [2.05, 4.69) is 53.4 Å². The molecule has 0 rings (SSSR count). The Hall–Kier alpha value is 0.312. The van der Waals surface area contributed by atoms with Crippen LogP contribution < -0.4 is 0 Å². The molecular formula is C12H26BClSi. The molecule has 0 N–H and O–H groups in total. The highest BCUT2D eigenvalue weighted by Crippen LogP contribution is 2.32. The van der Waals surface area contributed by atoms with Crippen molar-refractivity contribution in [3.63, 3.8) is 0 Å². The van der Waals surface area contributed by atoms with Crippen LogP contribution in [-0.4, -0.2) is 14.1 Å². The minimum absolute atomic E-state index is 0.260. The number of halogens is 1. The molecule has 0 aliphatic heterocycles. The van der Waals surface area contributed by atoms with Crippen molar-refractivity contribution in [1.82, 2.24) is 0 Å². The molecule has 0 aromatic heterocycles. The fourth-order valence-corrected chi connectivity index (χ4v) is 3.81. The molecule has 88 valence electrons. The SMILES string of the molecule is CCB(CC)/C(=C/[Si](C)(C)Cl)C(C)(C)C. The summed E-state index contributed by atoms with van der Waals surface area (Å²) in [6.07, 6.45) is 2.45. The molecule has 0 unspecified atom stereocenters. The van der Waals surface area contributed by atoms with Crippen molar-refractivity contribution >= 4 is 25.2 Å². The summed E-state index contributed by atoms with van der Waals surface area (Å²) in [4.78, 5) is 0. The van der Waals surface area contributed by atoms with E-state index in [1.54, 1.807) is 5.47 Å². The van der Waals surface area contributed by atoms with Crippen molar-refractivity contribution in [2.24, 2.45) is 5.41 Å². The van der Waals surface area contributed by atoms with Crippen molar-refractivity contribution in [1.29, 1.82) is 0 Å². The van der Waals surface area contributed by atoms with E-state index >= 15 is 0 Å². The smallest absolute Gasteiger partial charge is 0.162 e. The number of rotatable bonds is 4. The van der Waals surface area contributed by atoms with Crippen LogP contribution in [0.25, 0.3) is 0 Å². The van der Waals surface area contributed by atoms with E-state index < -0.39 is 7.38 Å². The fourth-order valence-electron chi connectivity index (χ4n) is 2.05. The van der Waals surface area contributed by atoms with Crippen molar-refractivity contribution in [3.8, 4) is 0 Å². The fraction of sp³-hybridized carbons (Fsp3) is 0.833. The molecule has 0 aliphatic rings. The van der Waals surface area contributed by atoms with Crippen LogP contribution in [0.15, 0.2) is 11.2 Å². The molecule has 0 amide bonds. The van der Waals surface area contributed by atoms with Crippen LogP contribution in [0.5, 0.6) is 0 Å². The highest BCUT2D eigenvalue weighted by molar-refractivity contribution is 7.22. The zero-order valence-electron chi connectivity index (χ0n) is 11.4. The maximum Gasteiger partial charge on any atom is 0.172 e. The third-order valence-electron chi connectivity index (χ3n) is 2.79. The highest BCUT2D eigenvalue weighted by Gasteiger charge is 2.28. The molecule has 0 fully saturated rings. The summed E-state index contributed by atoms with van der Waals surface area (Å²) >= 11 is 6.45. The van der Waals surface area contributed by atoms with Crippen LogP contribution in [0.4, 0.5) is 0 Å². The first-order chi connectivity index (χ1) is 6.61. The molecular weight excluding hydrogens is 218 g/mol. The van der Waals surface area contributed by atoms with Gasteiger partial charge in [-0.2, -0.15) is 11.1 Å². The lowest BCUT2D eigenvalue weighted by Gasteiger charge is -2.30. The van der Waals surface area contributed by atoms with Crippen LogP contribution >= 0.6 is 11.1 Å². The lowest BCUT2D eigenvalue weighted by molar-refractivity contribution is 0.527. The number of hydrogen-bond donors (Lipinski definition) is 0. The largest absolute Gasteiger partial charge is 0.172 e. The van der Waals surface area contributed by atoms with Gasteiger partial charge in [-0.3, -0.25) is 0 Å². The van der Waals surface area contributed by atoms with Gasteiger partial charge in [-0.15, -0.1) is 5.47 Å². The third kappa shape index (κ3) is 5.82.